The summed E-state index contributed by atoms with van der Waals surface area (Å²) in [6.45, 7) is 0.522. The maximum absolute atomic E-state index is 14.4. The minimum absolute atomic E-state index is 0.116. The number of carbonyl (C=O) groups excluding carboxylic acids is 1. The van der Waals surface area contributed by atoms with Crippen LogP contribution in [0.3, 0.4) is 0 Å². The molecular formula is C24H20F2N4OS. The average molecular weight is 451 g/mol. The normalized spacial score (nSPS) is 10.8. The highest BCUT2D eigenvalue weighted by Crippen LogP contribution is 2.29. The lowest BCUT2D eigenvalue weighted by Crippen LogP contribution is -2.27. The van der Waals surface area contributed by atoms with Gasteiger partial charge in [0.25, 0.3) is 0 Å². The van der Waals surface area contributed by atoms with E-state index in [1.165, 1.54) is 30.0 Å². The lowest BCUT2D eigenvalue weighted by atomic mass is 10.1. The molecule has 0 saturated carbocycles. The number of nitrogens with one attached hydrogen (secondary N) is 1. The second-order valence-electron chi connectivity index (χ2n) is 6.97. The molecule has 0 fully saturated rings. The fraction of sp³-hybridized carbons (Fsp3) is 0.125. The van der Waals surface area contributed by atoms with Crippen molar-refractivity contribution in [3.63, 3.8) is 0 Å². The minimum atomic E-state index is -0.446. The van der Waals surface area contributed by atoms with Crippen molar-refractivity contribution >= 4 is 17.7 Å². The summed E-state index contributed by atoms with van der Waals surface area (Å²) >= 11 is 1.18. The largest absolute Gasteiger partial charge is 0.355 e. The zero-order valence-corrected chi connectivity index (χ0v) is 17.9. The summed E-state index contributed by atoms with van der Waals surface area (Å²) in [7, 11) is 0. The van der Waals surface area contributed by atoms with Gasteiger partial charge in [0.05, 0.1) is 11.3 Å². The molecule has 1 N–H and O–H groups in total. The van der Waals surface area contributed by atoms with Crippen LogP contribution in [0.2, 0.25) is 0 Å². The van der Waals surface area contributed by atoms with Crippen LogP contribution in [-0.2, 0) is 11.2 Å². The van der Waals surface area contributed by atoms with E-state index in [-0.39, 0.29) is 28.9 Å². The third kappa shape index (κ3) is 5.20. The van der Waals surface area contributed by atoms with Crippen LogP contribution in [0.1, 0.15) is 5.56 Å². The van der Waals surface area contributed by atoms with E-state index in [1.807, 2.05) is 30.3 Å². The maximum atomic E-state index is 14.4. The molecule has 0 saturated heterocycles. The van der Waals surface area contributed by atoms with Crippen LogP contribution >= 0.6 is 11.8 Å². The van der Waals surface area contributed by atoms with E-state index < -0.39 is 5.82 Å². The van der Waals surface area contributed by atoms with Gasteiger partial charge in [0, 0.05) is 12.2 Å². The van der Waals surface area contributed by atoms with Crippen molar-refractivity contribution in [3.8, 4) is 17.1 Å². The number of nitrogens with zero attached hydrogens (tertiary/aromatic N) is 3. The standard InChI is InChI=1S/C24H20F2N4OS/c25-18-10-12-19(13-11-18)30-23(20-8-4-5-9-21(20)26)28-29-24(30)32-16-22(31)27-15-14-17-6-2-1-3-7-17/h1-13H,14-16H2,(H,27,31). The Bertz CT molecular complexity index is 1200. The van der Waals surface area contributed by atoms with Gasteiger partial charge < -0.3 is 5.32 Å². The van der Waals surface area contributed by atoms with Gasteiger partial charge in [-0.05, 0) is 48.4 Å². The predicted molar refractivity (Wildman–Crippen MR) is 121 cm³/mol. The Morgan fingerprint density at radius 2 is 1.62 bits per heavy atom. The van der Waals surface area contributed by atoms with Gasteiger partial charge in [-0.1, -0.05) is 54.2 Å². The lowest BCUT2D eigenvalue weighted by Gasteiger charge is -2.11. The van der Waals surface area contributed by atoms with E-state index in [9.17, 15) is 13.6 Å². The highest BCUT2D eigenvalue weighted by atomic mass is 32.2. The van der Waals surface area contributed by atoms with Crippen LogP contribution in [0.4, 0.5) is 8.78 Å². The monoisotopic (exact) mass is 450 g/mol. The molecule has 1 amide bonds. The van der Waals surface area contributed by atoms with Crippen LogP contribution in [0, 0.1) is 11.6 Å². The van der Waals surface area contributed by atoms with Crippen LogP contribution in [0.5, 0.6) is 0 Å². The number of benzene rings is 3. The Labute approximate surface area is 188 Å². The molecule has 1 heterocycles. The Balaban J connectivity index is 1.50. The third-order valence-corrected chi connectivity index (χ3v) is 5.67. The van der Waals surface area contributed by atoms with Crippen molar-refractivity contribution in [2.45, 2.75) is 11.6 Å². The minimum Gasteiger partial charge on any atom is -0.355 e. The molecule has 0 aliphatic heterocycles. The van der Waals surface area contributed by atoms with E-state index in [0.717, 1.165) is 12.0 Å². The fourth-order valence-electron chi connectivity index (χ4n) is 3.18. The first kappa shape index (κ1) is 21.7. The Morgan fingerprint density at radius 3 is 2.38 bits per heavy atom. The van der Waals surface area contributed by atoms with Crippen LogP contribution < -0.4 is 5.32 Å². The highest BCUT2D eigenvalue weighted by Gasteiger charge is 2.19. The quantitative estimate of drug-likeness (QED) is 0.397. The third-order valence-electron chi connectivity index (χ3n) is 4.74. The fourth-order valence-corrected chi connectivity index (χ4v) is 3.96. The molecule has 32 heavy (non-hydrogen) atoms. The molecule has 1 aromatic heterocycles. The van der Waals surface area contributed by atoms with Crippen molar-refractivity contribution in [2.75, 3.05) is 12.3 Å². The van der Waals surface area contributed by atoms with Crippen LogP contribution in [-0.4, -0.2) is 33.0 Å². The number of carbonyl (C=O) groups is 1. The molecule has 3 aromatic carbocycles. The van der Waals surface area contributed by atoms with E-state index in [0.29, 0.717) is 17.4 Å². The Kier molecular flexibility index (Phi) is 6.91. The maximum Gasteiger partial charge on any atom is 0.230 e. The van der Waals surface area contributed by atoms with Gasteiger partial charge in [0.15, 0.2) is 11.0 Å². The number of rotatable bonds is 8. The first-order valence-electron chi connectivity index (χ1n) is 10.0. The molecular weight excluding hydrogens is 430 g/mol. The Hall–Kier alpha value is -3.52. The molecule has 0 bridgehead atoms. The summed E-state index contributed by atoms with van der Waals surface area (Å²) in [5.74, 6) is -0.584. The van der Waals surface area contributed by atoms with Crippen molar-refractivity contribution < 1.29 is 13.6 Å². The van der Waals surface area contributed by atoms with Crippen molar-refractivity contribution in [1.29, 1.82) is 0 Å². The van der Waals surface area contributed by atoms with Gasteiger partial charge in [-0.15, -0.1) is 10.2 Å². The lowest BCUT2D eigenvalue weighted by molar-refractivity contribution is -0.118. The number of hydrogen-bond acceptors (Lipinski definition) is 4. The van der Waals surface area contributed by atoms with E-state index in [4.69, 9.17) is 0 Å². The first-order valence-corrected chi connectivity index (χ1v) is 11.0. The van der Waals surface area contributed by atoms with Gasteiger partial charge in [0.2, 0.25) is 5.91 Å². The molecule has 4 aromatic rings. The predicted octanol–water partition coefficient (Wildman–Crippen LogP) is 4.66. The highest BCUT2D eigenvalue weighted by molar-refractivity contribution is 7.99. The first-order chi connectivity index (χ1) is 15.6. The molecule has 8 heteroatoms. The molecule has 0 spiro atoms. The van der Waals surface area contributed by atoms with Gasteiger partial charge in [-0.2, -0.15) is 0 Å². The number of aromatic nitrogens is 3. The number of hydrogen-bond donors (Lipinski definition) is 1. The number of amides is 1. The van der Waals surface area contributed by atoms with E-state index in [1.54, 1.807) is 34.9 Å². The summed E-state index contributed by atoms with van der Waals surface area (Å²) < 4.78 is 29.5. The number of thioether (sulfide) groups is 1. The summed E-state index contributed by atoms with van der Waals surface area (Å²) in [5, 5.41) is 11.6. The van der Waals surface area contributed by atoms with E-state index in [2.05, 4.69) is 15.5 Å². The SMILES string of the molecule is O=C(CSc1nnc(-c2ccccc2F)n1-c1ccc(F)cc1)NCCc1ccccc1. The molecule has 0 atom stereocenters. The van der Waals surface area contributed by atoms with Crippen molar-refractivity contribution in [1.82, 2.24) is 20.1 Å². The summed E-state index contributed by atoms with van der Waals surface area (Å²) in [4.78, 5) is 12.3. The average Bonchev–Trinajstić information content (AvgIpc) is 3.23. The molecule has 0 unspecified atom stereocenters. The zero-order valence-electron chi connectivity index (χ0n) is 17.0. The van der Waals surface area contributed by atoms with Gasteiger partial charge in [-0.25, -0.2) is 8.78 Å². The summed E-state index contributed by atoms with van der Waals surface area (Å²) in [6.07, 6.45) is 0.737. The van der Waals surface area contributed by atoms with Crippen LogP contribution in [0.15, 0.2) is 84.0 Å². The smallest absolute Gasteiger partial charge is 0.230 e. The van der Waals surface area contributed by atoms with Gasteiger partial charge in [-0.3, -0.25) is 9.36 Å². The zero-order chi connectivity index (χ0) is 22.3. The summed E-state index contributed by atoms with van der Waals surface area (Å²) in [5.41, 5.74) is 1.98. The molecule has 0 radical (unpaired) electrons. The second-order valence-corrected chi connectivity index (χ2v) is 7.91. The van der Waals surface area contributed by atoms with Gasteiger partial charge >= 0.3 is 0 Å². The number of halogens is 2. The molecule has 162 valence electrons. The van der Waals surface area contributed by atoms with Gasteiger partial charge in [0.1, 0.15) is 11.6 Å². The summed E-state index contributed by atoms with van der Waals surface area (Å²) in [6, 6.07) is 21.9. The molecule has 0 aliphatic rings. The molecule has 5 nitrogen and oxygen atoms in total. The second kappa shape index (κ2) is 10.2. The topological polar surface area (TPSA) is 59.8 Å². The molecule has 4 rings (SSSR count). The van der Waals surface area contributed by atoms with Crippen molar-refractivity contribution in [2.24, 2.45) is 0 Å². The van der Waals surface area contributed by atoms with Crippen LogP contribution in [0.25, 0.3) is 17.1 Å². The Morgan fingerprint density at radius 1 is 0.906 bits per heavy atom. The molecule has 0 aliphatic carbocycles. The van der Waals surface area contributed by atoms with Crippen molar-refractivity contribution in [3.05, 3.63) is 96.1 Å². The van der Waals surface area contributed by atoms with E-state index >= 15 is 0 Å².